The third-order valence-electron chi connectivity index (χ3n) is 4.63. The lowest BCUT2D eigenvalue weighted by Crippen LogP contribution is -2.45. The van der Waals surface area contributed by atoms with Gasteiger partial charge in [-0.25, -0.2) is 4.98 Å². The standard InChI is InChI=1S/C18H23N3O/c1-12-10-17(20-16-8-4-3-7-15(12)16)18(22)21-9-5-6-14(11-21)13(2)19/h3-4,7-8,10,13-14H,5-6,9,11,19H2,1-2H3/t13-,14+/m0/s1. The summed E-state index contributed by atoms with van der Waals surface area (Å²) in [5, 5.41) is 1.10. The van der Waals surface area contributed by atoms with Crippen LogP contribution in [0.5, 0.6) is 0 Å². The Hall–Kier alpha value is -1.94. The van der Waals surface area contributed by atoms with Crippen molar-refractivity contribution in [2.75, 3.05) is 13.1 Å². The molecule has 0 spiro atoms. The number of likely N-dealkylation sites (tertiary alicyclic amines) is 1. The Morgan fingerprint density at radius 2 is 2.18 bits per heavy atom. The first-order valence-corrected chi connectivity index (χ1v) is 7.97. The van der Waals surface area contributed by atoms with Crippen LogP contribution in [0, 0.1) is 12.8 Å². The second-order valence-electron chi connectivity index (χ2n) is 6.35. The zero-order valence-corrected chi connectivity index (χ0v) is 13.2. The summed E-state index contributed by atoms with van der Waals surface area (Å²) in [4.78, 5) is 19.3. The molecule has 2 heterocycles. The van der Waals surface area contributed by atoms with Crippen LogP contribution in [0.25, 0.3) is 10.9 Å². The molecular formula is C18H23N3O. The van der Waals surface area contributed by atoms with Crippen LogP contribution >= 0.6 is 0 Å². The van der Waals surface area contributed by atoms with E-state index in [0.717, 1.165) is 42.4 Å². The second-order valence-corrected chi connectivity index (χ2v) is 6.35. The smallest absolute Gasteiger partial charge is 0.272 e. The van der Waals surface area contributed by atoms with E-state index in [1.807, 2.05) is 49.1 Å². The van der Waals surface area contributed by atoms with Crippen molar-refractivity contribution in [1.82, 2.24) is 9.88 Å². The van der Waals surface area contributed by atoms with Crippen LogP contribution in [0.2, 0.25) is 0 Å². The van der Waals surface area contributed by atoms with Gasteiger partial charge < -0.3 is 10.6 Å². The summed E-state index contributed by atoms with van der Waals surface area (Å²) in [5.74, 6) is 0.415. The van der Waals surface area contributed by atoms with Crippen molar-refractivity contribution in [3.8, 4) is 0 Å². The van der Waals surface area contributed by atoms with Crippen molar-refractivity contribution in [2.24, 2.45) is 11.7 Å². The van der Waals surface area contributed by atoms with Crippen molar-refractivity contribution in [1.29, 1.82) is 0 Å². The monoisotopic (exact) mass is 297 g/mol. The van der Waals surface area contributed by atoms with Crippen LogP contribution in [-0.2, 0) is 0 Å². The van der Waals surface area contributed by atoms with E-state index in [1.165, 1.54) is 0 Å². The van der Waals surface area contributed by atoms with E-state index < -0.39 is 0 Å². The van der Waals surface area contributed by atoms with Crippen LogP contribution in [-0.4, -0.2) is 34.9 Å². The quantitative estimate of drug-likeness (QED) is 0.927. The highest BCUT2D eigenvalue weighted by molar-refractivity contribution is 5.96. The van der Waals surface area contributed by atoms with Gasteiger partial charge in [0.15, 0.2) is 0 Å². The molecule has 116 valence electrons. The Morgan fingerprint density at radius 1 is 1.41 bits per heavy atom. The predicted octanol–water partition coefficient (Wildman–Crippen LogP) is 2.74. The first-order valence-electron chi connectivity index (χ1n) is 7.97. The van der Waals surface area contributed by atoms with Gasteiger partial charge in [-0.05, 0) is 50.3 Å². The number of piperidine rings is 1. The number of hydrogen-bond donors (Lipinski definition) is 1. The number of carbonyl (C=O) groups is 1. The summed E-state index contributed by atoms with van der Waals surface area (Å²) in [6, 6.07) is 9.98. The number of nitrogens with two attached hydrogens (primary N) is 1. The first-order chi connectivity index (χ1) is 10.6. The topological polar surface area (TPSA) is 59.2 Å². The number of pyridine rings is 1. The minimum absolute atomic E-state index is 0.0270. The summed E-state index contributed by atoms with van der Waals surface area (Å²) < 4.78 is 0. The number of para-hydroxylation sites is 1. The lowest BCUT2D eigenvalue weighted by atomic mass is 9.92. The largest absolute Gasteiger partial charge is 0.337 e. The molecule has 2 aromatic rings. The van der Waals surface area contributed by atoms with Crippen LogP contribution in [0.15, 0.2) is 30.3 Å². The molecule has 1 aliphatic rings. The molecule has 2 N–H and O–H groups in total. The van der Waals surface area contributed by atoms with E-state index in [0.29, 0.717) is 11.6 Å². The van der Waals surface area contributed by atoms with Gasteiger partial charge in [-0.3, -0.25) is 4.79 Å². The molecule has 4 nitrogen and oxygen atoms in total. The van der Waals surface area contributed by atoms with Gasteiger partial charge in [0.1, 0.15) is 5.69 Å². The molecule has 0 saturated carbocycles. The first kappa shape index (κ1) is 15.0. The summed E-state index contributed by atoms with van der Waals surface area (Å²) >= 11 is 0. The fourth-order valence-electron chi connectivity index (χ4n) is 3.24. The van der Waals surface area contributed by atoms with Crippen molar-refractivity contribution in [3.63, 3.8) is 0 Å². The highest BCUT2D eigenvalue weighted by Crippen LogP contribution is 2.22. The van der Waals surface area contributed by atoms with Crippen molar-refractivity contribution in [2.45, 2.75) is 32.7 Å². The van der Waals surface area contributed by atoms with Gasteiger partial charge in [0.05, 0.1) is 5.52 Å². The normalized spacial score (nSPS) is 20.1. The summed E-state index contributed by atoms with van der Waals surface area (Å²) in [7, 11) is 0. The van der Waals surface area contributed by atoms with Crippen LogP contribution in [0.1, 0.15) is 35.8 Å². The van der Waals surface area contributed by atoms with Crippen molar-refractivity contribution < 1.29 is 4.79 Å². The molecule has 1 amide bonds. The highest BCUT2D eigenvalue weighted by atomic mass is 16.2. The van der Waals surface area contributed by atoms with E-state index >= 15 is 0 Å². The maximum Gasteiger partial charge on any atom is 0.272 e. The summed E-state index contributed by atoms with van der Waals surface area (Å²) in [6.45, 7) is 5.60. The van der Waals surface area contributed by atoms with E-state index in [2.05, 4.69) is 4.98 Å². The number of amides is 1. The van der Waals surface area contributed by atoms with Crippen LogP contribution < -0.4 is 5.73 Å². The molecular weight excluding hydrogens is 274 g/mol. The van der Waals surface area contributed by atoms with E-state index in [1.54, 1.807) is 0 Å². The fourth-order valence-corrected chi connectivity index (χ4v) is 3.24. The lowest BCUT2D eigenvalue weighted by Gasteiger charge is -2.34. The van der Waals surface area contributed by atoms with Crippen molar-refractivity contribution >= 4 is 16.8 Å². The van der Waals surface area contributed by atoms with Crippen molar-refractivity contribution in [3.05, 3.63) is 41.6 Å². The summed E-state index contributed by atoms with van der Waals surface area (Å²) in [6.07, 6.45) is 2.12. The minimum Gasteiger partial charge on any atom is -0.337 e. The number of carbonyl (C=O) groups excluding carboxylic acids is 1. The average molecular weight is 297 g/mol. The summed E-state index contributed by atoms with van der Waals surface area (Å²) in [5.41, 5.74) is 8.53. The Morgan fingerprint density at radius 3 is 2.95 bits per heavy atom. The van der Waals surface area contributed by atoms with E-state index in [9.17, 15) is 4.79 Å². The SMILES string of the molecule is Cc1cc(C(=O)N2CCC[C@@H]([C@H](C)N)C2)nc2ccccc12. The molecule has 0 unspecified atom stereocenters. The number of aromatic nitrogens is 1. The van der Waals surface area contributed by atoms with Crippen LogP contribution in [0.3, 0.4) is 0 Å². The Balaban J connectivity index is 1.88. The average Bonchev–Trinajstić information content (AvgIpc) is 2.54. The van der Waals surface area contributed by atoms with E-state index in [4.69, 9.17) is 5.73 Å². The molecule has 1 aromatic heterocycles. The number of benzene rings is 1. The van der Waals surface area contributed by atoms with Gasteiger partial charge in [0.2, 0.25) is 0 Å². The third kappa shape index (κ3) is 2.83. The molecule has 0 radical (unpaired) electrons. The lowest BCUT2D eigenvalue weighted by molar-refractivity contribution is 0.0655. The number of hydrogen-bond acceptors (Lipinski definition) is 3. The molecule has 1 aliphatic heterocycles. The molecule has 2 atom stereocenters. The molecule has 1 fully saturated rings. The molecule has 0 bridgehead atoms. The van der Waals surface area contributed by atoms with Gasteiger partial charge in [0, 0.05) is 24.5 Å². The Bertz CT molecular complexity index is 696. The number of aryl methyl sites for hydroxylation is 1. The molecule has 4 heteroatoms. The maximum atomic E-state index is 12.8. The fraction of sp³-hybridized carbons (Fsp3) is 0.444. The molecule has 1 aromatic carbocycles. The number of rotatable bonds is 2. The number of fused-ring (bicyclic) bond motifs is 1. The second kappa shape index (κ2) is 6.05. The van der Waals surface area contributed by atoms with Gasteiger partial charge >= 0.3 is 0 Å². The van der Waals surface area contributed by atoms with Gasteiger partial charge in [-0.2, -0.15) is 0 Å². The zero-order valence-electron chi connectivity index (χ0n) is 13.2. The Labute approximate surface area is 131 Å². The predicted molar refractivity (Wildman–Crippen MR) is 88.8 cm³/mol. The molecule has 0 aliphatic carbocycles. The third-order valence-corrected chi connectivity index (χ3v) is 4.63. The van der Waals surface area contributed by atoms with Gasteiger partial charge in [0.25, 0.3) is 5.91 Å². The number of nitrogens with zero attached hydrogens (tertiary/aromatic N) is 2. The Kier molecular flexibility index (Phi) is 4.12. The van der Waals surface area contributed by atoms with Crippen LogP contribution in [0.4, 0.5) is 0 Å². The maximum absolute atomic E-state index is 12.8. The molecule has 22 heavy (non-hydrogen) atoms. The van der Waals surface area contributed by atoms with E-state index in [-0.39, 0.29) is 11.9 Å². The molecule has 3 rings (SSSR count). The molecule has 1 saturated heterocycles. The van der Waals surface area contributed by atoms with Gasteiger partial charge in [-0.1, -0.05) is 18.2 Å². The van der Waals surface area contributed by atoms with Gasteiger partial charge in [-0.15, -0.1) is 0 Å². The minimum atomic E-state index is 0.0270. The highest BCUT2D eigenvalue weighted by Gasteiger charge is 2.27. The zero-order chi connectivity index (χ0) is 15.7.